The van der Waals surface area contributed by atoms with Gasteiger partial charge in [0.05, 0.1) is 29.2 Å². The molecule has 17 heavy (non-hydrogen) atoms. The van der Waals surface area contributed by atoms with E-state index in [0.29, 0.717) is 13.2 Å². The number of nitrogens with two attached hydrogens (primary N) is 1. The largest absolute Gasteiger partial charge is 0.392 e. The van der Waals surface area contributed by atoms with Gasteiger partial charge >= 0.3 is 0 Å². The highest BCUT2D eigenvalue weighted by molar-refractivity contribution is 7.80. The number of amides is 1. The zero-order chi connectivity index (χ0) is 12.6. The molecular weight excluding hydrogens is 236 g/mol. The molecule has 0 bridgehead atoms. The number of fused-ring (bicyclic) bond motifs is 1. The van der Waals surface area contributed by atoms with Crippen molar-refractivity contribution in [3.05, 3.63) is 0 Å². The Balaban J connectivity index is 2.16. The highest BCUT2D eigenvalue weighted by atomic mass is 32.1. The number of nitrogens with zero attached hydrogens (tertiary/aromatic N) is 1. The van der Waals surface area contributed by atoms with Crippen molar-refractivity contribution in [2.24, 2.45) is 11.1 Å². The Bertz CT molecular complexity index is 343. The first kappa shape index (κ1) is 12.8. The number of morpholine rings is 1. The first-order valence-corrected chi connectivity index (χ1v) is 6.58. The molecule has 2 N–H and O–H groups in total. The molecule has 1 amide bonds. The lowest BCUT2D eigenvalue weighted by molar-refractivity contribution is -0.149. The molecule has 0 radical (unpaired) electrons. The molecule has 0 aromatic carbocycles. The van der Waals surface area contributed by atoms with Gasteiger partial charge in [0.2, 0.25) is 5.91 Å². The van der Waals surface area contributed by atoms with E-state index in [1.807, 2.05) is 4.90 Å². The summed E-state index contributed by atoms with van der Waals surface area (Å²) >= 11 is 5.00. The molecule has 1 aliphatic heterocycles. The molecule has 0 aromatic heterocycles. The second kappa shape index (κ2) is 4.53. The van der Waals surface area contributed by atoms with Crippen molar-refractivity contribution in [1.29, 1.82) is 0 Å². The van der Waals surface area contributed by atoms with Crippen LogP contribution in [0.15, 0.2) is 0 Å². The topological polar surface area (TPSA) is 55.6 Å². The number of hydrogen-bond acceptors (Lipinski definition) is 3. The molecule has 96 valence electrons. The van der Waals surface area contributed by atoms with Crippen LogP contribution in [0.5, 0.6) is 0 Å². The molecule has 1 heterocycles. The third kappa shape index (κ3) is 2.18. The molecule has 2 atom stereocenters. The van der Waals surface area contributed by atoms with Gasteiger partial charge in [-0.3, -0.25) is 4.79 Å². The minimum Gasteiger partial charge on any atom is -0.392 e. The van der Waals surface area contributed by atoms with Gasteiger partial charge in [-0.2, -0.15) is 0 Å². The Morgan fingerprint density at radius 1 is 1.47 bits per heavy atom. The predicted octanol–water partition coefficient (Wildman–Crippen LogP) is 1.08. The lowest BCUT2D eigenvalue weighted by atomic mass is 9.90. The molecule has 1 aliphatic carbocycles. The Morgan fingerprint density at radius 2 is 2.18 bits per heavy atom. The third-order valence-electron chi connectivity index (χ3n) is 3.89. The Hall–Kier alpha value is -0.680. The lowest BCUT2D eigenvalue weighted by Gasteiger charge is -2.41. The van der Waals surface area contributed by atoms with Crippen molar-refractivity contribution < 1.29 is 9.53 Å². The van der Waals surface area contributed by atoms with E-state index in [1.54, 1.807) is 13.8 Å². The maximum Gasteiger partial charge on any atom is 0.235 e. The Morgan fingerprint density at radius 3 is 2.82 bits per heavy atom. The third-order valence-corrected chi connectivity index (χ3v) is 4.40. The number of thiocarbonyl (C=S) groups is 1. The van der Waals surface area contributed by atoms with E-state index < -0.39 is 5.41 Å². The average molecular weight is 256 g/mol. The van der Waals surface area contributed by atoms with Gasteiger partial charge in [-0.25, -0.2) is 0 Å². The fraction of sp³-hybridized carbons (Fsp3) is 0.833. The average Bonchev–Trinajstić information content (AvgIpc) is 2.75. The molecular formula is C12H20N2O2S. The van der Waals surface area contributed by atoms with E-state index in [1.165, 1.54) is 0 Å². The van der Waals surface area contributed by atoms with Crippen molar-refractivity contribution in [3.63, 3.8) is 0 Å². The van der Waals surface area contributed by atoms with Crippen LogP contribution in [0.2, 0.25) is 0 Å². The van der Waals surface area contributed by atoms with Crippen LogP contribution in [-0.4, -0.2) is 41.1 Å². The second-order valence-corrected chi connectivity index (χ2v) is 5.84. The lowest BCUT2D eigenvalue weighted by Crippen LogP contribution is -2.56. The van der Waals surface area contributed by atoms with Crippen LogP contribution in [0.3, 0.4) is 0 Å². The minimum absolute atomic E-state index is 0.0465. The summed E-state index contributed by atoms with van der Waals surface area (Å²) in [6, 6.07) is 0.227. The molecule has 2 aliphatic rings. The number of carbonyl (C=O) groups excluding carboxylic acids is 1. The summed E-state index contributed by atoms with van der Waals surface area (Å²) in [7, 11) is 0. The van der Waals surface area contributed by atoms with Crippen molar-refractivity contribution in [3.8, 4) is 0 Å². The van der Waals surface area contributed by atoms with Crippen LogP contribution in [-0.2, 0) is 9.53 Å². The molecule has 5 heteroatoms. The van der Waals surface area contributed by atoms with Crippen LogP contribution in [0.1, 0.15) is 33.1 Å². The predicted molar refractivity (Wildman–Crippen MR) is 69.7 cm³/mol. The molecule has 1 saturated heterocycles. The smallest absolute Gasteiger partial charge is 0.235 e. The highest BCUT2D eigenvalue weighted by Gasteiger charge is 2.43. The summed E-state index contributed by atoms with van der Waals surface area (Å²) in [6.45, 7) is 4.89. The van der Waals surface area contributed by atoms with E-state index in [-0.39, 0.29) is 23.0 Å². The van der Waals surface area contributed by atoms with E-state index >= 15 is 0 Å². The molecule has 2 rings (SSSR count). The van der Waals surface area contributed by atoms with Gasteiger partial charge in [0.15, 0.2) is 0 Å². The number of carbonyl (C=O) groups is 1. The van der Waals surface area contributed by atoms with Crippen LogP contribution < -0.4 is 5.73 Å². The number of hydrogen-bond donors (Lipinski definition) is 1. The zero-order valence-corrected chi connectivity index (χ0v) is 11.3. The van der Waals surface area contributed by atoms with E-state index in [4.69, 9.17) is 22.7 Å². The van der Waals surface area contributed by atoms with Gasteiger partial charge in [0, 0.05) is 6.54 Å². The zero-order valence-electron chi connectivity index (χ0n) is 10.4. The first-order chi connectivity index (χ1) is 7.94. The SMILES string of the molecule is CC(C)(C(=O)N1CCOC2CCCC21)C(N)=S. The molecule has 2 fully saturated rings. The van der Waals surface area contributed by atoms with Crippen molar-refractivity contribution in [2.45, 2.75) is 45.3 Å². The Labute approximate surface area is 107 Å². The fourth-order valence-corrected chi connectivity index (χ4v) is 2.73. The van der Waals surface area contributed by atoms with Gasteiger partial charge in [-0.05, 0) is 33.1 Å². The maximum atomic E-state index is 12.5. The summed E-state index contributed by atoms with van der Waals surface area (Å²) in [5, 5.41) is 0. The van der Waals surface area contributed by atoms with E-state index in [9.17, 15) is 4.79 Å². The number of ether oxygens (including phenoxy) is 1. The Kier molecular flexibility index (Phi) is 3.41. The first-order valence-electron chi connectivity index (χ1n) is 6.17. The van der Waals surface area contributed by atoms with Crippen molar-refractivity contribution >= 4 is 23.1 Å². The maximum absolute atomic E-state index is 12.5. The van der Waals surface area contributed by atoms with E-state index in [2.05, 4.69) is 0 Å². The summed E-state index contributed by atoms with van der Waals surface area (Å²) in [4.78, 5) is 14.7. The second-order valence-electron chi connectivity index (χ2n) is 5.40. The highest BCUT2D eigenvalue weighted by Crippen LogP contribution is 2.32. The quantitative estimate of drug-likeness (QED) is 0.751. The van der Waals surface area contributed by atoms with Gasteiger partial charge in [0.1, 0.15) is 0 Å². The van der Waals surface area contributed by atoms with Crippen molar-refractivity contribution in [2.75, 3.05) is 13.2 Å². The summed E-state index contributed by atoms with van der Waals surface area (Å²) in [5.41, 5.74) is 4.92. The van der Waals surface area contributed by atoms with Crippen molar-refractivity contribution in [1.82, 2.24) is 4.90 Å². The monoisotopic (exact) mass is 256 g/mol. The number of rotatable bonds is 2. The summed E-state index contributed by atoms with van der Waals surface area (Å²) < 4.78 is 5.70. The van der Waals surface area contributed by atoms with Crippen LogP contribution >= 0.6 is 12.2 Å². The van der Waals surface area contributed by atoms with Gasteiger partial charge < -0.3 is 15.4 Å². The van der Waals surface area contributed by atoms with Gasteiger partial charge in [-0.1, -0.05) is 12.2 Å². The molecule has 0 aromatic rings. The summed E-state index contributed by atoms with van der Waals surface area (Å²) in [5.74, 6) is 0.0465. The fourth-order valence-electron chi connectivity index (χ4n) is 2.64. The van der Waals surface area contributed by atoms with Gasteiger partial charge in [0.25, 0.3) is 0 Å². The van der Waals surface area contributed by atoms with Gasteiger partial charge in [-0.15, -0.1) is 0 Å². The van der Waals surface area contributed by atoms with Crippen LogP contribution in [0.4, 0.5) is 0 Å². The molecule has 4 nitrogen and oxygen atoms in total. The standard InChI is InChI=1S/C12H20N2O2S/c1-12(2,10(13)17)11(15)14-6-7-16-9-5-3-4-8(9)14/h8-9H,3-7H2,1-2H3,(H2,13,17). The van der Waals surface area contributed by atoms with E-state index in [0.717, 1.165) is 19.3 Å². The summed E-state index contributed by atoms with van der Waals surface area (Å²) in [6.07, 6.45) is 3.44. The molecule has 2 unspecified atom stereocenters. The van der Waals surface area contributed by atoms with Crippen LogP contribution in [0, 0.1) is 5.41 Å². The normalized spacial score (nSPS) is 28.9. The molecule has 0 spiro atoms. The minimum atomic E-state index is -0.750. The van der Waals surface area contributed by atoms with Crippen LogP contribution in [0.25, 0.3) is 0 Å². The molecule has 1 saturated carbocycles.